The summed E-state index contributed by atoms with van der Waals surface area (Å²) in [4.78, 5) is 10.4. The van der Waals surface area contributed by atoms with E-state index in [1.165, 1.54) is 31.6 Å². The first-order valence-electron chi connectivity index (χ1n) is 9.31. The molecule has 2 aromatic heterocycles. The third-order valence-corrected chi connectivity index (χ3v) is 7.21. The summed E-state index contributed by atoms with van der Waals surface area (Å²) in [5, 5.41) is 4.28. The van der Waals surface area contributed by atoms with Crippen molar-refractivity contribution < 1.29 is 0 Å². The Hall–Kier alpha value is -1.93. The van der Waals surface area contributed by atoms with Crippen molar-refractivity contribution in [1.82, 2.24) is 15.3 Å². The number of nitrogens with zero attached hydrogens (tertiary/aromatic N) is 2. The molecule has 0 spiro atoms. The number of benzene rings is 1. The summed E-state index contributed by atoms with van der Waals surface area (Å²) in [6.07, 6.45) is 1.84. The van der Waals surface area contributed by atoms with Crippen LogP contribution in [0.2, 0.25) is 0 Å². The zero-order chi connectivity index (χ0) is 20.0. The largest absolute Gasteiger partial charge is 0.362 e. The predicted molar refractivity (Wildman–Crippen MR) is 127 cm³/mol. The lowest BCUT2D eigenvalue weighted by Gasteiger charge is -2.29. The summed E-state index contributed by atoms with van der Waals surface area (Å²) < 4.78 is 1.25. The lowest BCUT2D eigenvalue weighted by Crippen LogP contribution is -2.30. The van der Waals surface area contributed by atoms with Gasteiger partial charge in [-0.05, 0) is 97.9 Å². The summed E-state index contributed by atoms with van der Waals surface area (Å²) in [7, 11) is 0. The van der Waals surface area contributed by atoms with Crippen LogP contribution in [0, 0.1) is 31.3 Å². The normalized spacial score (nSPS) is 19.2. The van der Waals surface area contributed by atoms with Gasteiger partial charge in [-0.1, -0.05) is 12.1 Å². The van der Waals surface area contributed by atoms with Crippen LogP contribution in [-0.2, 0) is 0 Å². The first-order valence-corrected chi connectivity index (χ1v) is 10.8. The molecule has 1 aliphatic rings. The van der Waals surface area contributed by atoms with Crippen molar-refractivity contribution in [2.45, 2.75) is 39.8 Å². The smallest absolute Gasteiger partial charge is 0.174 e. The molecule has 0 bridgehead atoms. The zero-order valence-electron chi connectivity index (χ0n) is 16.4. The highest BCUT2D eigenvalue weighted by Gasteiger charge is 2.43. The summed E-state index contributed by atoms with van der Waals surface area (Å²) in [6.45, 7) is 8.54. The average Bonchev–Trinajstić information content (AvgIpc) is 3.13. The number of rotatable bonds is 3. The van der Waals surface area contributed by atoms with Crippen LogP contribution in [0.1, 0.15) is 45.9 Å². The Balaban J connectivity index is 1.91. The molecule has 4 nitrogen and oxygen atoms in total. The maximum Gasteiger partial charge on any atom is 0.174 e. The van der Waals surface area contributed by atoms with Gasteiger partial charge >= 0.3 is 0 Å². The number of thiocarbonyl (C=S) groups is 1. The molecule has 0 saturated carbocycles. The molecule has 1 fully saturated rings. The fraction of sp³-hybridized carbons (Fsp3) is 0.273. The van der Waals surface area contributed by atoms with Gasteiger partial charge in [0.25, 0.3) is 0 Å². The van der Waals surface area contributed by atoms with Crippen LogP contribution in [0.3, 0.4) is 0 Å². The van der Waals surface area contributed by atoms with Gasteiger partial charge in [-0.15, -0.1) is 0 Å². The number of nitrogens with one attached hydrogen (secondary N) is 2. The van der Waals surface area contributed by atoms with E-state index in [1.807, 2.05) is 18.3 Å². The van der Waals surface area contributed by atoms with Crippen molar-refractivity contribution in [3.63, 3.8) is 0 Å². The Bertz CT molecular complexity index is 1040. The topological polar surface area (TPSA) is 44.0 Å². The van der Waals surface area contributed by atoms with Crippen LogP contribution in [0.4, 0.5) is 5.69 Å². The maximum absolute atomic E-state index is 5.82. The third kappa shape index (κ3) is 3.22. The van der Waals surface area contributed by atoms with Crippen molar-refractivity contribution in [2.75, 3.05) is 4.90 Å². The van der Waals surface area contributed by atoms with Crippen LogP contribution < -0.4 is 10.2 Å². The molecule has 3 aromatic rings. The number of anilines is 1. The number of aryl methyl sites for hydroxylation is 4. The molecule has 1 saturated heterocycles. The third-order valence-electron chi connectivity index (χ3n) is 5.51. The Morgan fingerprint density at radius 3 is 2.43 bits per heavy atom. The second kappa shape index (κ2) is 7.48. The van der Waals surface area contributed by atoms with Gasteiger partial charge in [0, 0.05) is 32.4 Å². The number of hydrogen-bond acceptors (Lipinski definition) is 2. The van der Waals surface area contributed by atoms with Crippen LogP contribution in [-0.4, -0.2) is 15.1 Å². The van der Waals surface area contributed by atoms with Crippen molar-refractivity contribution in [1.29, 1.82) is 0 Å². The van der Waals surface area contributed by atoms with E-state index < -0.39 is 0 Å². The molecule has 0 radical (unpaired) electrons. The Kier molecular flexibility index (Phi) is 5.18. The van der Waals surface area contributed by atoms with Gasteiger partial charge in [-0.25, -0.2) is 0 Å². The molecule has 6 heteroatoms. The number of hydrogen-bond donors (Lipinski definition) is 2. The molecular formula is C22H23IN4S. The van der Waals surface area contributed by atoms with E-state index in [0.29, 0.717) is 0 Å². The molecule has 0 aliphatic carbocycles. The Morgan fingerprint density at radius 2 is 1.82 bits per heavy atom. The monoisotopic (exact) mass is 502 g/mol. The summed E-state index contributed by atoms with van der Waals surface area (Å²) in [6, 6.07) is 12.6. The highest BCUT2D eigenvalue weighted by Crippen LogP contribution is 2.44. The zero-order valence-corrected chi connectivity index (χ0v) is 19.4. The minimum Gasteiger partial charge on any atom is -0.362 e. The van der Waals surface area contributed by atoms with Gasteiger partial charge in [-0.3, -0.25) is 4.98 Å². The maximum atomic E-state index is 5.82. The SMILES string of the molecule is Cc1ccc(N2C(=S)N[C@@H](c3ccccn3)[C@@H]2c2c(C)[nH]c(C)c2I)cc1C. The fourth-order valence-electron chi connectivity index (χ4n) is 3.92. The number of halogens is 1. The van der Waals surface area contributed by atoms with E-state index in [4.69, 9.17) is 12.2 Å². The number of pyridine rings is 1. The minimum absolute atomic E-state index is 0.0160. The fourth-order valence-corrected chi connectivity index (χ4v) is 5.13. The molecule has 2 atom stereocenters. The first kappa shape index (κ1) is 19.4. The Morgan fingerprint density at radius 1 is 1.04 bits per heavy atom. The van der Waals surface area contributed by atoms with E-state index in [-0.39, 0.29) is 12.1 Å². The molecule has 3 heterocycles. The van der Waals surface area contributed by atoms with E-state index in [2.05, 4.69) is 94.7 Å². The van der Waals surface area contributed by atoms with Crippen molar-refractivity contribution in [2.24, 2.45) is 0 Å². The quantitative estimate of drug-likeness (QED) is 0.371. The molecule has 0 unspecified atom stereocenters. The van der Waals surface area contributed by atoms with Crippen LogP contribution in [0.25, 0.3) is 0 Å². The molecule has 144 valence electrons. The van der Waals surface area contributed by atoms with Gasteiger partial charge in [-0.2, -0.15) is 0 Å². The highest BCUT2D eigenvalue weighted by atomic mass is 127. The molecule has 0 amide bonds. The van der Waals surface area contributed by atoms with Gasteiger partial charge < -0.3 is 15.2 Å². The van der Waals surface area contributed by atoms with E-state index in [9.17, 15) is 0 Å². The average molecular weight is 502 g/mol. The van der Waals surface area contributed by atoms with Gasteiger partial charge in [0.15, 0.2) is 5.11 Å². The predicted octanol–water partition coefficient (Wildman–Crippen LogP) is 5.43. The lowest BCUT2D eigenvalue weighted by atomic mass is 9.96. The number of aromatic nitrogens is 2. The van der Waals surface area contributed by atoms with E-state index >= 15 is 0 Å². The summed E-state index contributed by atoms with van der Waals surface area (Å²) in [5.74, 6) is 0. The second-order valence-electron chi connectivity index (χ2n) is 7.37. The van der Waals surface area contributed by atoms with E-state index in [0.717, 1.165) is 16.5 Å². The number of H-pyrrole nitrogens is 1. The first-order chi connectivity index (χ1) is 13.4. The van der Waals surface area contributed by atoms with Crippen LogP contribution in [0.15, 0.2) is 42.6 Å². The lowest BCUT2D eigenvalue weighted by molar-refractivity contribution is 0.564. The molecule has 1 aliphatic heterocycles. The standard InChI is InChI=1S/C22H23IN4S/c1-12-8-9-16(11-13(12)2)27-21(18-14(3)25-15(4)19(18)23)20(26-22(27)28)17-7-5-6-10-24-17/h5-11,20-21,25H,1-4H3,(H,26,28)/t20-,21-/m0/s1. The van der Waals surface area contributed by atoms with Gasteiger partial charge in [0.05, 0.1) is 17.8 Å². The second-order valence-corrected chi connectivity index (χ2v) is 8.83. The molecule has 4 rings (SSSR count). The summed E-state index contributed by atoms with van der Waals surface area (Å²) in [5.41, 5.74) is 8.28. The molecule has 2 N–H and O–H groups in total. The Labute approximate surface area is 184 Å². The van der Waals surface area contributed by atoms with Crippen molar-refractivity contribution >= 4 is 45.6 Å². The number of aromatic amines is 1. The molecular weight excluding hydrogens is 479 g/mol. The van der Waals surface area contributed by atoms with Gasteiger partial charge in [0.2, 0.25) is 0 Å². The summed E-state index contributed by atoms with van der Waals surface area (Å²) >= 11 is 8.26. The van der Waals surface area contributed by atoms with Crippen molar-refractivity contribution in [3.8, 4) is 0 Å². The van der Waals surface area contributed by atoms with Crippen LogP contribution >= 0.6 is 34.8 Å². The molecule has 1 aromatic carbocycles. The van der Waals surface area contributed by atoms with Crippen molar-refractivity contribution in [3.05, 3.63) is 79.9 Å². The highest BCUT2D eigenvalue weighted by molar-refractivity contribution is 14.1. The minimum atomic E-state index is -0.0160. The van der Waals surface area contributed by atoms with Gasteiger partial charge in [0.1, 0.15) is 0 Å². The van der Waals surface area contributed by atoms with Crippen LogP contribution in [0.5, 0.6) is 0 Å². The van der Waals surface area contributed by atoms with E-state index in [1.54, 1.807) is 0 Å². The molecule has 28 heavy (non-hydrogen) atoms.